The molecule has 2 amide bonds. The molecular formula is C21H21FN2O4S. The number of carbonyl (C=O) groups is 2. The number of hydrogen-bond acceptors (Lipinski definition) is 5. The normalized spacial score (nSPS) is 10.8. The Morgan fingerprint density at radius 3 is 2.55 bits per heavy atom. The number of amides is 2. The van der Waals surface area contributed by atoms with Gasteiger partial charge < -0.3 is 20.5 Å². The minimum atomic E-state index is -0.375. The van der Waals surface area contributed by atoms with Crippen LogP contribution in [0.15, 0.2) is 42.5 Å². The van der Waals surface area contributed by atoms with Gasteiger partial charge >= 0.3 is 0 Å². The number of halogens is 1. The molecule has 3 rings (SSSR count). The van der Waals surface area contributed by atoms with Crippen molar-refractivity contribution in [2.24, 2.45) is 0 Å². The zero-order valence-electron chi connectivity index (χ0n) is 15.8. The number of rotatable bonds is 8. The van der Waals surface area contributed by atoms with Gasteiger partial charge in [0.25, 0.3) is 11.8 Å². The smallest absolute Gasteiger partial charge is 0.261 e. The van der Waals surface area contributed by atoms with E-state index in [1.807, 2.05) is 0 Å². The Labute approximate surface area is 171 Å². The van der Waals surface area contributed by atoms with Crippen molar-refractivity contribution >= 4 is 33.2 Å². The Bertz CT molecular complexity index is 1030. The molecule has 8 heteroatoms. The highest BCUT2D eigenvalue weighted by molar-refractivity contribution is 7.21. The Hall–Kier alpha value is -2.97. The summed E-state index contributed by atoms with van der Waals surface area (Å²) in [5.41, 5.74) is 0.908. The average molecular weight is 416 g/mol. The van der Waals surface area contributed by atoms with E-state index in [0.717, 1.165) is 0 Å². The standard InChI is InChI=1S/C21H21FN2O4S/c1-28-12-15-18-16(22)7-3-8-17(18)29-19(15)21(27)24-10-4-9-23-20(26)13-5-2-6-14(25)11-13/h2-3,5-8,11,25H,4,9-10,12H2,1H3,(H,23,26)(H,24,27). The number of hydrogen-bond donors (Lipinski definition) is 3. The van der Waals surface area contributed by atoms with Gasteiger partial charge in [-0.25, -0.2) is 4.39 Å². The summed E-state index contributed by atoms with van der Waals surface area (Å²) in [6, 6.07) is 10.8. The number of methoxy groups -OCH3 is 1. The Kier molecular flexibility index (Phi) is 6.79. The molecule has 0 saturated heterocycles. The highest BCUT2D eigenvalue weighted by atomic mass is 32.1. The van der Waals surface area contributed by atoms with Crippen LogP contribution in [0, 0.1) is 5.82 Å². The topological polar surface area (TPSA) is 87.7 Å². The van der Waals surface area contributed by atoms with E-state index >= 15 is 0 Å². The predicted molar refractivity (Wildman–Crippen MR) is 110 cm³/mol. The number of phenols is 1. The number of thiophene rings is 1. The fourth-order valence-electron chi connectivity index (χ4n) is 2.95. The van der Waals surface area contributed by atoms with Gasteiger partial charge in [0.05, 0.1) is 11.5 Å². The molecule has 0 spiro atoms. The van der Waals surface area contributed by atoms with Crippen LogP contribution in [0.1, 0.15) is 32.0 Å². The lowest BCUT2D eigenvalue weighted by atomic mass is 10.1. The van der Waals surface area contributed by atoms with Gasteiger partial charge in [-0.05, 0) is 36.8 Å². The number of carbonyl (C=O) groups excluding carboxylic acids is 2. The van der Waals surface area contributed by atoms with Gasteiger partial charge in [-0.1, -0.05) is 12.1 Å². The summed E-state index contributed by atoms with van der Waals surface area (Å²) >= 11 is 1.23. The van der Waals surface area contributed by atoms with E-state index in [-0.39, 0.29) is 30.0 Å². The quantitative estimate of drug-likeness (QED) is 0.491. The van der Waals surface area contributed by atoms with E-state index in [0.29, 0.717) is 45.6 Å². The molecule has 0 saturated carbocycles. The second-order valence-electron chi connectivity index (χ2n) is 6.37. The molecule has 0 fully saturated rings. The molecule has 2 aromatic carbocycles. The minimum absolute atomic E-state index is 0.0246. The van der Waals surface area contributed by atoms with Crippen LogP contribution in [0.3, 0.4) is 0 Å². The highest BCUT2D eigenvalue weighted by Crippen LogP contribution is 2.33. The summed E-state index contributed by atoms with van der Waals surface area (Å²) in [7, 11) is 1.50. The van der Waals surface area contributed by atoms with Gasteiger partial charge in [0, 0.05) is 41.4 Å². The first-order valence-electron chi connectivity index (χ1n) is 9.05. The van der Waals surface area contributed by atoms with Crippen LogP contribution in [0.2, 0.25) is 0 Å². The van der Waals surface area contributed by atoms with Crippen LogP contribution in [0.5, 0.6) is 5.75 Å². The molecule has 0 aliphatic rings. The molecule has 0 bridgehead atoms. The van der Waals surface area contributed by atoms with E-state index in [9.17, 15) is 19.1 Å². The summed E-state index contributed by atoms with van der Waals surface area (Å²) in [5, 5.41) is 15.4. The molecule has 1 heterocycles. The van der Waals surface area contributed by atoms with Crippen LogP contribution < -0.4 is 10.6 Å². The third-order valence-corrected chi connectivity index (χ3v) is 5.49. The van der Waals surface area contributed by atoms with Crippen LogP contribution in [-0.4, -0.2) is 37.1 Å². The largest absolute Gasteiger partial charge is 0.508 e. The van der Waals surface area contributed by atoms with Crippen molar-refractivity contribution in [2.75, 3.05) is 20.2 Å². The van der Waals surface area contributed by atoms with E-state index in [4.69, 9.17) is 4.74 Å². The Morgan fingerprint density at radius 2 is 1.83 bits per heavy atom. The van der Waals surface area contributed by atoms with Crippen molar-refractivity contribution in [3.05, 3.63) is 64.3 Å². The van der Waals surface area contributed by atoms with Crippen molar-refractivity contribution in [3.63, 3.8) is 0 Å². The molecule has 3 aromatic rings. The summed E-state index contributed by atoms with van der Waals surface area (Å²) in [5.74, 6) is -0.942. The van der Waals surface area contributed by atoms with E-state index in [2.05, 4.69) is 10.6 Å². The van der Waals surface area contributed by atoms with Crippen molar-refractivity contribution in [1.29, 1.82) is 0 Å². The van der Waals surface area contributed by atoms with Gasteiger partial charge in [0.15, 0.2) is 0 Å². The zero-order valence-corrected chi connectivity index (χ0v) is 16.6. The molecule has 0 radical (unpaired) electrons. The zero-order chi connectivity index (χ0) is 20.8. The number of benzene rings is 2. The number of phenolic OH excluding ortho intramolecular Hbond substituents is 1. The van der Waals surface area contributed by atoms with Crippen LogP contribution in [0.4, 0.5) is 4.39 Å². The fraction of sp³-hybridized carbons (Fsp3) is 0.238. The first-order valence-corrected chi connectivity index (χ1v) is 9.87. The molecule has 152 valence electrons. The van der Waals surface area contributed by atoms with Gasteiger partial charge in [-0.2, -0.15) is 0 Å². The molecule has 0 atom stereocenters. The third kappa shape index (κ3) is 4.90. The van der Waals surface area contributed by atoms with E-state index in [1.165, 1.54) is 36.6 Å². The first kappa shape index (κ1) is 20.8. The SMILES string of the molecule is COCc1c(C(=O)NCCCNC(=O)c2cccc(O)c2)sc2cccc(F)c12. The second-order valence-corrected chi connectivity index (χ2v) is 7.42. The Balaban J connectivity index is 1.55. The van der Waals surface area contributed by atoms with Crippen LogP contribution in [0.25, 0.3) is 10.1 Å². The molecule has 6 nitrogen and oxygen atoms in total. The summed E-state index contributed by atoms with van der Waals surface area (Å²) in [4.78, 5) is 25.0. The number of aromatic hydroxyl groups is 1. The molecule has 0 aliphatic carbocycles. The van der Waals surface area contributed by atoms with Crippen molar-refractivity contribution in [3.8, 4) is 5.75 Å². The lowest BCUT2D eigenvalue weighted by Crippen LogP contribution is -2.30. The van der Waals surface area contributed by atoms with E-state index in [1.54, 1.807) is 24.3 Å². The van der Waals surface area contributed by atoms with Crippen LogP contribution >= 0.6 is 11.3 Å². The molecule has 0 unspecified atom stereocenters. The minimum Gasteiger partial charge on any atom is -0.508 e. The van der Waals surface area contributed by atoms with Gasteiger partial charge in [-0.15, -0.1) is 11.3 Å². The van der Waals surface area contributed by atoms with Crippen molar-refractivity contribution in [2.45, 2.75) is 13.0 Å². The first-order chi connectivity index (χ1) is 14.0. The number of nitrogens with one attached hydrogen (secondary N) is 2. The average Bonchev–Trinajstić information content (AvgIpc) is 3.07. The molecule has 1 aromatic heterocycles. The monoisotopic (exact) mass is 416 g/mol. The van der Waals surface area contributed by atoms with E-state index < -0.39 is 0 Å². The van der Waals surface area contributed by atoms with Gasteiger partial charge in [0.1, 0.15) is 11.6 Å². The number of ether oxygens (including phenoxy) is 1. The highest BCUT2D eigenvalue weighted by Gasteiger charge is 2.20. The van der Waals surface area contributed by atoms with Gasteiger partial charge in [0.2, 0.25) is 0 Å². The van der Waals surface area contributed by atoms with Crippen molar-refractivity contribution < 1.29 is 23.8 Å². The fourth-order valence-corrected chi connectivity index (χ4v) is 4.09. The Morgan fingerprint density at radius 1 is 1.10 bits per heavy atom. The second kappa shape index (κ2) is 9.49. The maximum absolute atomic E-state index is 14.2. The predicted octanol–water partition coefficient (Wildman–Crippen LogP) is 3.44. The third-order valence-electron chi connectivity index (χ3n) is 4.29. The lowest BCUT2D eigenvalue weighted by Gasteiger charge is -2.08. The molecular weight excluding hydrogens is 395 g/mol. The maximum Gasteiger partial charge on any atom is 0.261 e. The van der Waals surface area contributed by atoms with Gasteiger partial charge in [-0.3, -0.25) is 9.59 Å². The molecule has 3 N–H and O–H groups in total. The maximum atomic E-state index is 14.2. The van der Waals surface area contributed by atoms with Crippen molar-refractivity contribution in [1.82, 2.24) is 10.6 Å². The van der Waals surface area contributed by atoms with Crippen LogP contribution in [-0.2, 0) is 11.3 Å². The molecule has 29 heavy (non-hydrogen) atoms. The molecule has 0 aliphatic heterocycles. The summed E-state index contributed by atoms with van der Waals surface area (Å²) in [6.07, 6.45) is 0.523. The summed E-state index contributed by atoms with van der Waals surface area (Å²) < 4.78 is 20.1. The summed E-state index contributed by atoms with van der Waals surface area (Å²) in [6.45, 7) is 0.854. The lowest BCUT2D eigenvalue weighted by molar-refractivity contribution is 0.0951. The number of fused-ring (bicyclic) bond motifs is 1.